The minimum atomic E-state index is -3.81. The molecule has 1 aromatic carbocycles. The number of sulfonamides is 1. The molecule has 0 aliphatic heterocycles. The first-order chi connectivity index (χ1) is 14.6. The Hall–Kier alpha value is -2.90. The Bertz CT molecular complexity index is 1370. The van der Waals surface area contributed by atoms with Gasteiger partial charge in [-0.1, -0.05) is 44.5 Å². The zero-order valence-electron chi connectivity index (χ0n) is 17.7. The molecule has 0 radical (unpaired) electrons. The molecule has 1 N–H and O–H groups in total. The molecule has 31 heavy (non-hydrogen) atoms. The summed E-state index contributed by atoms with van der Waals surface area (Å²) in [6.45, 7) is 8.21. The number of pyridine rings is 2. The van der Waals surface area contributed by atoms with Crippen molar-refractivity contribution in [2.75, 3.05) is 4.72 Å². The average Bonchev–Trinajstić information content (AvgIpc) is 3.16. The number of hydrogen-bond acceptors (Lipinski definition) is 4. The molecule has 0 atom stereocenters. The van der Waals surface area contributed by atoms with E-state index in [9.17, 15) is 8.42 Å². The lowest BCUT2D eigenvalue weighted by atomic mass is 9.87. The van der Waals surface area contributed by atoms with E-state index in [4.69, 9.17) is 11.6 Å². The van der Waals surface area contributed by atoms with Gasteiger partial charge in [0.15, 0.2) is 0 Å². The van der Waals surface area contributed by atoms with E-state index in [1.807, 2.05) is 31.2 Å². The first kappa shape index (κ1) is 21.3. The quantitative estimate of drug-likeness (QED) is 0.444. The fourth-order valence-corrected chi connectivity index (χ4v) is 4.55. The fraction of sp³-hybridized carbons (Fsp3) is 0.217. The zero-order valence-corrected chi connectivity index (χ0v) is 19.3. The van der Waals surface area contributed by atoms with Gasteiger partial charge in [-0.15, -0.1) is 0 Å². The van der Waals surface area contributed by atoms with Crippen molar-refractivity contribution >= 4 is 33.0 Å². The predicted molar refractivity (Wildman–Crippen MR) is 124 cm³/mol. The highest BCUT2D eigenvalue weighted by Gasteiger charge is 2.20. The molecule has 3 aromatic heterocycles. The molecular formula is C23H23ClN4O2S. The van der Waals surface area contributed by atoms with Crippen molar-refractivity contribution < 1.29 is 8.42 Å². The number of nitrogens with zero attached hydrogens (tertiary/aromatic N) is 3. The normalized spacial score (nSPS) is 12.3. The highest BCUT2D eigenvalue weighted by atomic mass is 35.5. The summed E-state index contributed by atoms with van der Waals surface area (Å²) in [5, 5.41) is 5.06. The summed E-state index contributed by atoms with van der Waals surface area (Å²) in [7, 11) is -3.81. The van der Waals surface area contributed by atoms with Gasteiger partial charge < -0.3 is 0 Å². The van der Waals surface area contributed by atoms with Crippen molar-refractivity contribution in [3.05, 3.63) is 77.1 Å². The number of hydrogen-bond donors (Lipinski definition) is 1. The zero-order chi connectivity index (χ0) is 22.4. The second kappa shape index (κ2) is 7.66. The van der Waals surface area contributed by atoms with Crippen molar-refractivity contribution in [1.29, 1.82) is 0 Å². The molecule has 0 bridgehead atoms. The van der Waals surface area contributed by atoms with Crippen molar-refractivity contribution in [2.45, 2.75) is 38.0 Å². The van der Waals surface area contributed by atoms with Gasteiger partial charge in [0.25, 0.3) is 10.0 Å². The van der Waals surface area contributed by atoms with Crippen LogP contribution in [0.15, 0.2) is 65.8 Å². The summed E-state index contributed by atoms with van der Waals surface area (Å²) < 4.78 is 30.2. The highest BCUT2D eigenvalue weighted by molar-refractivity contribution is 7.92. The van der Waals surface area contributed by atoms with Crippen LogP contribution in [0.4, 0.5) is 5.82 Å². The maximum absolute atomic E-state index is 13.0. The largest absolute Gasteiger partial charge is 0.264 e. The number of rotatable bonds is 4. The molecule has 4 rings (SSSR count). The van der Waals surface area contributed by atoms with E-state index in [1.165, 1.54) is 4.52 Å². The predicted octanol–water partition coefficient (Wildman–Crippen LogP) is 5.46. The number of nitrogens with one attached hydrogen (secondary N) is 1. The molecule has 0 unspecified atom stereocenters. The highest BCUT2D eigenvalue weighted by Crippen LogP contribution is 2.29. The summed E-state index contributed by atoms with van der Waals surface area (Å²) in [5.74, 6) is 0.298. The molecule has 0 saturated carbocycles. The summed E-state index contributed by atoms with van der Waals surface area (Å²) in [5.41, 5.74) is 4.12. The van der Waals surface area contributed by atoms with Crippen molar-refractivity contribution in [2.24, 2.45) is 0 Å². The lowest BCUT2D eigenvalue weighted by Crippen LogP contribution is -2.16. The molecule has 4 aromatic rings. The Labute approximate surface area is 187 Å². The van der Waals surface area contributed by atoms with Crippen LogP contribution in [0.5, 0.6) is 0 Å². The van der Waals surface area contributed by atoms with Crippen LogP contribution in [0.1, 0.15) is 31.9 Å². The van der Waals surface area contributed by atoms with E-state index in [1.54, 1.807) is 36.7 Å². The maximum Gasteiger partial charge on any atom is 0.263 e. The standard InChI is InChI=1S/C23H23ClN4O2S/c1-15-11-12-25-14-18(15)20-13-21-19(24)9-10-22(28(21)26-20)27-31(29,30)17-7-5-16(6-8-17)23(2,3)4/h5-14,27H,1-4H3. The molecular weight excluding hydrogens is 432 g/mol. The summed E-state index contributed by atoms with van der Waals surface area (Å²) in [6, 6.07) is 13.9. The molecule has 3 heterocycles. The molecule has 0 spiro atoms. The van der Waals surface area contributed by atoms with Gasteiger partial charge in [-0.25, -0.2) is 12.9 Å². The molecule has 160 valence electrons. The number of aromatic nitrogens is 3. The van der Waals surface area contributed by atoms with Crippen LogP contribution >= 0.6 is 11.6 Å². The van der Waals surface area contributed by atoms with E-state index in [0.717, 1.165) is 16.7 Å². The number of fused-ring (bicyclic) bond motifs is 1. The van der Waals surface area contributed by atoms with E-state index in [0.29, 0.717) is 22.1 Å². The van der Waals surface area contributed by atoms with Gasteiger partial charge in [0.1, 0.15) is 5.82 Å². The topological polar surface area (TPSA) is 76.4 Å². The van der Waals surface area contributed by atoms with E-state index >= 15 is 0 Å². The van der Waals surface area contributed by atoms with Crippen molar-refractivity contribution in [1.82, 2.24) is 14.6 Å². The van der Waals surface area contributed by atoms with Gasteiger partial charge in [-0.2, -0.15) is 5.10 Å². The van der Waals surface area contributed by atoms with Gasteiger partial charge in [-0.05, 0) is 59.9 Å². The van der Waals surface area contributed by atoms with Crippen LogP contribution in [-0.4, -0.2) is 23.0 Å². The Kier molecular flexibility index (Phi) is 5.27. The van der Waals surface area contributed by atoms with Gasteiger partial charge in [0, 0.05) is 18.0 Å². The Morgan fingerprint density at radius 2 is 1.74 bits per heavy atom. The first-order valence-electron chi connectivity index (χ1n) is 9.79. The summed E-state index contributed by atoms with van der Waals surface area (Å²) in [4.78, 5) is 4.35. The summed E-state index contributed by atoms with van der Waals surface area (Å²) >= 11 is 6.36. The van der Waals surface area contributed by atoms with E-state index < -0.39 is 10.0 Å². The van der Waals surface area contributed by atoms with Gasteiger partial charge in [0.05, 0.1) is 21.1 Å². The monoisotopic (exact) mass is 454 g/mol. The second-order valence-corrected chi connectivity index (χ2v) is 10.6. The van der Waals surface area contributed by atoms with E-state index in [2.05, 4.69) is 35.6 Å². The molecule has 0 fully saturated rings. The molecule has 0 aliphatic rings. The van der Waals surface area contributed by atoms with Crippen LogP contribution in [0.2, 0.25) is 5.02 Å². The lowest BCUT2D eigenvalue weighted by molar-refractivity contribution is 0.587. The van der Waals surface area contributed by atoms with Crippen LogP contribution in [0.3, 0.4) is 0 Å². The SMILES string of the molecule is Cc1ccncc1-c1cc2c(Cl)ccc(NS(=O)(=O)c3ccc(C(C)(C)C)cc3)n2n1. The van der Waals surface area contributed by atoms with Crippen LogP contribution in [0, 0.1) is 6.92 Å². The Morgan fingerprint density at radius 1 is 1.03 bits per heavy atom. The number of benzene rings is 1. The second-order valence-electron chi connectivity index (χ2n) is 8.46. The van der Waals surface area contributed by atoms with Gasteiger partial charge in [-0.3, -0.25) is 9.71 Å². The van der Waals surface area contributed by atoms with Crippen LogP contribution < -0.4 is 4.72 Å². The Balaban J connectivity index is 1.74. The van der Waals surface area contributed by atoms with E-state index in [-0.39, 0.29) is 10.3 Å². The average molecular weight is 455 g/mol. The fourth-order valence-electron chi connectivity index (χ4n) is 3.31. The van der Waals surface area contributed by atoms with Gasteiger partial charge >= 0.3 is 0 Å². The van der Waals surface area contributed by atoms with Crippen molar-refractivity contribution in [3.8, 4) is 11.3 Å². The van der Waals surface area contributed by atoms with Crippen LogP contribution in [0.25, 0.3) is 16.8 Å². The molecule has 8 heteroatoms. The molecule has 0 saturated heterocycles. The third-order valence-corrected chi connectivity index (χ3v) is 6.84. The first-order valence-corrected chi connectivity index (χ1v) is 11.6. The minimum Gasteiger partial charge on any atom is -0.264 e. The number of halogens is 1. The Morgan fingerprint density at radius 3 is 2.39 bits per heavy atom. The molecule has 0 aliphatic carbocycles. The third kappa shape index (κ3) is 4.16. The molecule has 0 amide bonds. The van der Waals surface area contributed by atoms with Crippen molar-refractivity contribution in [3.63, 3.8) is 0 Å². The number of anilines is 1. The summed E-state index contributed by atoms with van der Waals surface area (Å²) in [6.07, 6.45) is 3.44. The molecule has 6 nitrogen and oxygen atoms in total. The maximum atomic E-state index is 13.0. The minimum absolute atomic E-state index is 0.0616. The number of aryl methyl sites for hydroxylation is 1. The smallest absolute Gasteiger partial charge is 0.263 e. The van der Waals surface area contributed by atoms with Crippen LogP contribution in [-0.2, 0) is 15.4 Å². The van der Waals surface area contributed by atoms with Gasteiger partial charge in [0.2, 0.25) is 0 Å². The lowest BCUT2D eigenvalue weighted by Gasteiger charge is -2.19. The third-order valence-electron chi connectivity index (χ3n) is 5.15.